The van der Waals surface area contributed by atoms with E-state index >= 15 is 0 Å². The van der Waals surface area contributed by atoms with Gasteiger partial charge in [0, 0.05) is 23.2 Å². The van der Waals surface area contributed by atoms with Crippen molar-refractivity contribution in [1.29, 1.82) is 0 Å². The number of benzene rings is 1. The molecule has 0 aliphatic carbocycles. The highest BCUT2D eigenvalue weighted by atomic mass is 19.1. The largest absolute Gasteiger partial charge is 0.508 e. The van der Waals surface area contributed by atoms with Gasteiger partial charge in [-0.3, -0.25) is 4.79 Å². The molecule has 1 unspecified atom stereocenters. The average Bonchev–Trinajstić information content (AvgIpc) is 2.23. The van der Waals surface area contributed by atoms with Crippen molar-refractivity contribution in [2.45, 2.75) is 39.3 Å². The Morgan fingerprint density at radius 3 is 2.58 bits per heavy atom. The summed E-state index contributed by atoms with van der Waals surface area (Å²) in [6.07, 6.45) is 0. The molecule has 0 heterocycles. The van der Waals surface area contributed by atoms with Gasteiger partial charge in [0.25, 0.3) is 0 Å². The van der Waals surface area contributed by atoms with Gasteiger partial charge >= 0.3 is 0 Å². The van der Waals surface area contributed by atoms with Crippen molar-refractivity contribution in [3.05, 3.63) is 29.6 Å². The van der Waals surface area contributed by atoms with Gasteiger partial charge in [-0.15, -0.1) is 0 Å². The molecule has 0 saturated carbocycles. The highest BCUT2D eigenvalue weighted by Gasteiger charge is 2.15. The van der Waals surface area contributed by atoms with E-state index in [0.29, 0.717) is 5.56 Å². The lowest BCUT2D eigenvalue weighted by Crippen LogP contribution is -2.45. The molecule has 4 nitrogen and oxygen atoms in total. The molecule has 1 rings (SSSR count). The van der Waals surface area contributed by atoms with Crippen LogP contribution in [-0.4, -0.2) is 23.1 Å². The maximum Gasteiger partial charge on any atom is 0.234 e. The van der Waals surface area contributed by atoms with Gasteiger partial charge in [0.15, 0.2) is 0 Å². The van der Waals surface area contributed by atoms with E-state index in [1.165, 1.54) is 12.1 Å². The average molecular weight is 268 g/mol. The molecule has 106 valence electrons. The van der Waals surface area contributed by atoms with E-state index in [1.807, 2.05) is 20.8 Å². The Morgan fingerprint density at radius 1 is 1.42 bits per heavy atom. The summed E-state index contributed by atoms with van der Waals surface area (Å²) >= 11 is 0. The molecule has 0 aliphatic rings. The van der Waals surface area contributed by atoms with Gasteiger partial charge in [0.1, 0.15) is 11.6 Å². The lowest BCUT2D eigenvalue weighted by molar-refractivity contribution is -0.121. The van der Waals surface area contributed by atoms with Gasteiger partial charge in [0.2, 0.25) is 5.91 Å². The van der Waals surface area contributed by atoms with Crippen LogP contribution in [-0.2, 0) is 4.79 Å². The van der Waals surface area contributed by atoms with Crippen molar-refractivity contribution in [3.63, 3.8) is 0 Å². The third kappa shape index (κ3) is 5.26. The second kappa shape index (κ2) is 6.02. The Balaban J connectivity index is 2.56. The van der Waals surface area contributed by atoms with Gasteiger partial charge in [-0.25, -0.2) is 4.39 Å². The number of carbonyl (C=O) groups excluding carboxylic acids is 1. The second-order valence-corrected chi connectivity index (χ2v) is 5.60. The fourth-order valence-electron chi connectivity index (χ4n) is 1.70. The smallest absolute Gasteiger partial charge is 0.234 e. The predicted molar refractivity (Wildman–Crippen MR) is 72.4 cm³/mol. The normalized spacial score (nSPS) is 13.1. The molecular formula is C14H21FN2O2. The molecular weight excluding hydrogens is 247 g/mol. The van der Waals surface area contributed by atoms with Crippen molar-refractivity contribution >= 4 is 5.91 Å². The molecule has 0 radical (unpaired) electrons. The summed E-state index contributed by atoms with van der Waals surface area (Å²) in [7, 11) is 0. The van der Waals surface area contributed by atoms with Crippen molar-refractivity contribution < 1.29 is 14.3 Å². The summed E-state index contributed by atoms with van der Waals surface area (Å²) in [5, 5.41) is 15.4. The molecule has 1 amide bonds. The Labute approximate surface area is 113 Å². The number of phenolic OH excluding ortho intramolecular Hbond substituents is 1. The fraction of sp³-hybridized carbons (Fsp3) is 0.500. The lowest BCUT2D eigenvalue weighted by atomic mass is 10.1. The topological polar surface area (TPSA) is 61.4 Å². The predicted octanol–water partition coefficient (Wildman–Crippen LogP) is 2.10. The molecule has 0 bridgehead atoms. The van der Waals surface area contributed by atoms with Crippen LogP contribution in [0, 0.1) is 5.82 Å². The van der Waals surface area contributed by atoms with Crippen LogP contribution >= 0.6 is 0 Å². The number of carbonyl (C=O) groups is 1. The lowest BCUT2D eigenvalue weighted by Gasteiger charge is -2.22. The van der Waals surface area contributed by atoms with E-state index < -0.39 is 5.82 Å². The number of hydrogen-bond donors (Lipinski definition) is 3. The fourth-order valence-corrected chi connectivity index (χ4v) is 1.70. The van der Waals surface area contributed by atoms with E-state index in [1.54, 1.807) is 6.92 Å². The summed E-state index contributed by atoms with van der Waals surface area (Å²) in [6, 6.07) is 3.60. The van der Waals surface area contributed by atoms with Crippen molar-refractivity contribution in [2.75, 3.05) is 6.54 Å². The van der Waals surface area contributed by atoms with Gasteiger partial charge in [0.05, 0.1) is 6.54 Å². The Hall–Kier alpha value is -1.62. The van der Waals surface area contributed by atoms with Gasteiger partial charge < -0.3 is 15.7 Å². The first-order chi connectivity index (χ1) is 8.69. The third-order valence-electron chi connectivity index (χ3n) is 2.54. The summed E-state index contributed by atoms with van der Waals surface area (Å²) in [4.78, 5) is 11.6. The first-order valence-corrected chi connectivity index (χ1v) is 6.22. The van der Waals surface area contributed by atoms with Crippen molar-refractivity contribution in [3.8, 4) is 5.75 Å². The zero-order chi connectivity index (χ0) is 14.6. The minimum absolute atomic E-state index is 0.115. The van der Waals surface area contributed by atoms with E-state index in [0.717, 1.165) is 6.07 Å². The number of rotatable bonds is 4. The van der Waals surface area contributed by atoms with Crippen LogP contribution in [0.5, 0.6) is 5.75 Å². The van der Waals surface area contributed by atoms with E-state index in [9.17, 15) is 14.3 Å². The van der Waals surface area contributed by atoms with E-state index in [4.69, 9.17) is 0 Å². The van der Waals surface area contributed by atoms with Crippen LogP contribution in [0.2, 0.25) is 0 Å². The van der Waals surface area contributed by atoms with Crippen LogP contribution in [0.15, 0.2) is 18.2 Å². The van der Waals surface area contributed by atoms with Crippen molar-refractivity contribution in [2.24, 2.45) is 0 Å². The molecule has 0 aliphatic heterocycles. The Kier molecular flexibility index (Phi) is 4.89. The van der Waals surface area contributed by atoms with Gasteiger partial charge in [-0.1, -0.05) is 6.07 Å². The minimum Gasteiger partial charge on any atom is -0.508 e. The van der Waals surface area contributed by atoms with E-state index in [2.05, 4.69) is 10.6 Å². The molecule has 0 aromatic heterocycles. The molecule has 1 aromatic rings. The van der Waals surface area contributed by atoms with Crippen LogP contribution in [0.4, 0.5) is 4.39 Å². The highest BCUT2D eigenvalue weighted by molar-refractivity contribution is 5.78. The first-order valence-electron chi connectivity index (χ1n) is 6.22. The monoisotopic (exact) mass is 268 g/mol. The zero-order valence-electron chi connectivity index (χ0n) is 11.7. The second-order valence-electron chi connectivity index (χ2n) is 5.60. The molecule has 3 N–H and O–H groups in total. The number of hydrogen-bond acceptors (Lipinski definition) is 3. The first kappa shape index (κ1) is 15.4. The highest BCUT2D eigenvalue weighted by Crippen LogP contribution is 2.24. The van der Waals surface area contributed by atoms with Gasteiger partial charge in [-0.2, -0.15) is 0 Å². The number of nitrogens with one attached hydrogen (secondary N) is 2. The van der Waals surface area contributed by atoms with Crippen molar-refractivity contribution in [1.82, 2.24) is 10.6 Å². The Bertz CT molecular complexity index is 455. The summed E-state index contributed by atoms with van der Waals surface area (Å²) in [6.45, 7) is 7.65. The van der Waals surface area contributed by atoms with Crippen LogP contribution in [0.25, 0.3) is 0 Å². The molecule has 5 heteroatoms. The molecule has 0 fully saturated rings. The van der Waals surface area contributed by atoms with Gasteiger partial charge in [-0.05, 0) is 33.8 Å². The zero-order valence-corrected chi connectivity index (χ0v) is 11.7. The number of halogens is 1. The molecule has 0 spiro atoms. The van der Waals surface area contributed by atoms with Crippen LogP contribution < -0.4 is 10.6 Å². The number of phenols is 1. The SMILES string of the molecule is CC(NCC(=O)NC(C)(C)C)c1ccc(F)cc1O. The maximum atomic E-state index is 12.9. The maximum absolute atomic E-state index is 12.9. The minimum atomic E-state index is -0.487. The number of aromatic hydroxyl groups is 1. The molecule has 19 heavy (non-hydrogen) atoms. The molecule has 1 aromatic carbocycles. The Morgan fingerprint density at radius 2 is 2.05 bits per heavy atom. The third-order valence-corrected chi connectivity index (χ3v) is 2.54. The quantitative estimate of drug-likeness (QED) is 0.783. The van der Waals surface area contributed by atoms with Crippen LogP contribution in [0.1, 0.15) is 39.3 Å². The summed E-state index contributed by atoms with van der Waals surface area (Å²) < 4.78 is 12.9. The van der Waals surface area contributed by atoms with E-state index in [-0.39, 0.29) is 29.8 Å². The standard InChI is InChI=1S/C14H21FN2O2/c1-9(11-6-5-10(15)7-12(11)18)16-8-13(19)17-14(2,3)4/h5-7,9,16,18H,8H2,1-4H3,(H,17,19). The summed E-state index contributed by atoms with van der Waals surface area (Å²) in [5.74, 6) is -0.726. The number of amides is 1. The molecule has 0 saturated heterocycles. The molecule has 1 atom stereocenters. The van der Waals surface area contributed by atoms with Crippen LogP contribution in [0.3, 0.4) is 0 Å². The summed E-state index contributed by atoms with van der Waals surface area (Å²) in [5.41, 5.74) is 0.282.